The van der Waals surface area contributed by atoms with Crippen molar-refractivity contribution in [3.63, 3.8) is 0 Å². The molecular formula is C20H19ClN2O2S2. The molecule has 4 nitrogen and oxygen atoms in total. The maximum atomic E-state index is 12.7. The van der Waals surface area contributed by atoms with E-state index >= 15 is 0 Å². The first-order valence-corrected chi connectivity index (χ1v) is 11.4. The van der Waals surface area contributed by atoms with Gasteiger partial charge in [-0.2, -0.15) is 0 Å². The lowest BCUT2D eigenvalue weighted by atomic mass is 9.98. The first-order valence-electron chi connectivity index (χ1n) is 8.64. The fourth-order valence-electron chi connectivity index (χ4n) is 3.45. The quantitative estimate of drug-likeness (QED) is 0.671. The Bertz CT molecular complexity index is 1020. The van der Waals surface area contributed by atoms with Crippen LogP contribution in [0, 0.1) is 0 Å². The lowest BCUT2D eigenvalue weighted by Gasteiger charge is -2.36. The van der Waals surface area contributed by atoms with E-state index in [2.05, 4.69) is 21.8 Å². The predicted octanol–water partition coefficient (Wildman–Crippen LogP) is 4.31. The zero-order chi connectivity index (χ0) is 18.9. The Morgan fingerprint density at radius 2 is 1.93 bits per heavy atom. The van der Waals surface area contributed by atoms with Gasteiger partial charge in [0.1, 0.15) is 4.21 Å². The second-order valence-electron chi connectivity index (χ2n) is 6.59. The first-order chi connectivity index (χ1) is 13.0. The van der Waals surface area contributed by atoms with E-state index in [0.717, 1.165) is 11.3 Å². The van der Waals surface area contributed by atoms with E-state index < -0.39 is 10.0 Å². The Morgan fingerprint density at radius 1 is 1.11 bits per heavy atom. The molecule has 1 N–H and O–H groups in total. The maximum absolute atomic E-state index is 12.7. The molecule has 3 aromatic rings. The van der Waals surface area contributed by atoms with Crippen LogP contribution in [0.15, 0.2) is 70.3 Å². The van der Waals surface area contributed by atoms with Crippen LogP contribution >= 0.6 is 22.9 Å². The molecule has 2 heterocycles. The van der Waals surface area contributed by atoms with Gasteiger partial charge in [0.25, 0.3) is 0 Å². The van der Waals surface area contributed by atoms with Crippen LogP contribution in [-0.2, 0) is 23.0 Å². The van der Waals surface area contributed by atoms with E-state index in [1.54, 1.807) is 17.5 Å². The van der Waals surface area contributed by atoms with Gasteiger partial charge in [-0.05, 0) is 47.2 Å². The predicted molar refractivity (Wildman–Crippen MR) is 111 cm³/mol. The summed E-state index contributed by atoms with van der Waals surface area (Å²) in [6, 6.07) is 19.2. The van der Waals surface area contributed by atoms with Crippen LogP contribution in [-0.4, -0.2) is 21.0 Å². The Hall–Kier alpha value is -1.86. The molecule has 140 valence electrons. The average Bonchev–Trinajstić information content (AvgIpc) is 3.17. The summed E-state index contributed by atoms with van der Waals surface area (Å²) in [7, 11) is -3.52. The number of nitrogens with zero attached hydrogens (tertiary/aromatic N) is 1. The van der Waals surface area contributed by atoms with E-state index in [1.165, 1.54) is 16.9 Å². The summed E-state index contributed by atoms with van der Waals surface area (Å²) in [6.45, 7) is 1.32. The molecule has 1 aromatic heterocycles. The summed E-state index contributed by atoms with van der Waals surface area (Å²) >= 11 is 7.42. The second-order valence-corrected chi connectivity index (χ2v) is 9.92. The summed E-state index contributed by atoms with van der Waals surface area (Å²) < 4.78 is 28.5. The third-order valence-electron chi connectivity index (χ3n) is 4.59. The van der Waals surface area contributed by atoms with E-state index in [4.69, 9.17) is 11.6 Å². The molecule has 0 aliphatic carbocycles. The monoisotopic (exact) mass is 418 g/mol. The number of thiophene rings is 1. The van der Waals surface area contributed by atoms with Gasteiger partial charge in [-0.1, -0.05) is 48.0 Å². The van der Waals surface area contributed by atoms with Crippen molar-refractivity contribution in [1.29, 1.82) is 0 Å². The average molecular weight is 419 g/mol. The van der Waals surface area contributed by atoms with Crippen molar-refractivity contribution in [3.05, 3.63) is 82.2 Å². The summed E-state index contributed by atoms with van der Waals surface area (Å²) in [5.74, 6) is 0. The van der Waals surface area contributed by atoms with Crippen LogP contribution in [0.3, 0.4) is 0 Å². The van der Waals surface area contributed by atoms with Crippen LogP contribution in [0.25, 0.3) is 0 Å². The molecule has 1 aliphatic heterocycles. The molecule has 4 rings (SSSR count). The standard InChI is InChI=1S/C20H19ClN2O2S2/c21-17-8-9-19-16(11-17)12-18(22-27(24,25)20-7-4-10-26-20)14-23(19)13-15-5-2-1-3-6-15/h1-11,18,22H,12-14H2. The van der Waals surface area contributed by atoms with E-state index in [-0.39, 0.29) is 6.04 Å². The van der Waals surface area contributed by atoms with Crippen molar-refractivity contribution in [3.8, 4) is 0 Å². The van der Waals surface area contributed by atoms with Crippen LogP contribution < -0.4 is 9.62 Å². The molecule has 0 fully saturated rings. The van der Waals surface area contributed by atoms with Gasteiger partial charge in [-0.15, -0.1) is 11.3 Å². The SMILES string of the molecule is O=S(=O)(NC1Cc2cc(Cl)ccc2N(Cc2ccccc2)C1)c1cccs1. The zero-order valence-electron chi connectivity index (χ0n) is 14.5. The third-order valence-corrected chi connectivity index (χ3v) is 7.74. The molecule has 0 spiro atoms. The molecule has 0 amide bonds. The highest BCUT2D eigenvalue weighted by Crippen LogP contribution is 2.31. The van der Waals surface area contributed by atoms with Gasteiger partial charge in [0, 0.05) is 29.8 Å². The summed E-state index contributed by atoms with van der Waals surface area (Å²) in [4.78, 5) is 2.21. The first kappa shape index (κ1) is 18.5. The molecule has 0 radical (unpaired) electrons. The van der Waals surface area contributed by atoms with Gasteiger partial charge < -0.3 is 4.90 Å². The number of sulfonamides is 1. The van der Waals surface area contributed by atoms with Gasteiger partial charge in [-0.3, -0.25) is 0 Å². The number of hydrogen-bond acceptors (Lipinski definition) is 4. The molecule has 1 aliphatic rings. The van der Waals surface area contributed by atoms with Gasteiger partial charge >= 0.3 is 0 Å². The van der Waals surface area contributed by atoms with E-state index in [1.807, 2.05) is 36.4 Å². The number of halogens is 1. The zero-order valence-corrected chi connectivity index (χ0v) is 16.9. The third kappa shape index (κ3) is 4.19. The van der Waals surface area contributed by atoms with Gasteiger partial charge in [0.15, 0.2) is 0 Å². The molecule has 27 heavy (non-hydrogen) atoms. The highest BCUT2D eigenvalue weighted by Gasteiger charge is 2.29. The molecule has 2 aromatic carbocycles. The Labute approximate surface area is 168 Å². The van der Waals surface area contributed by atoms with Crippen molar-refractivity contribution in [1.82, 2.24) is 4.72 Å². The minimum atomic E-state index is -3.52. The molecule has 0 saturated carbocycles. The fourth-order valence-corrected chi connectivity index (χ4v) is 5.88. The molecule has 1 atom stereocenters. The minimum Gasteiger partial charge on any atom is -0.365 e. The molecular weight excluding hydrogens is 400 g/mol. The molecule has 7 heteroatoms. The number of anilines is 1. The van der Waals surface area contributed by atoms with Crippen molar-refractivity contribution >= 4 is 38.6 Å². The highest BCUT2D eigenvalue weighted by molar-refractivity contribution is 7.91. The van der Waals surface area contributed by atoms with Crippen molar-refractivity contribution in [2.24, 2.45) is 0 Å². The van der Waals surface area contributed by atoms with E-state index in [9.17, 15) is 8.42 Å². The molecule has 1 unspecified atom stereocenters. The lowest BCUT2D eigenvalue weighted by molar-refractivity contribution is 0.526. The smallest absolute Gasteiger partial charge is 0.250 e. The van der Waals surface area contributed by atoms with Crippen LogP contribution in [0.2, 0.25) is 5.02 Å². The number of benzene rings is 2. The second kappa shape index (κ2) is 7.64. The number of fused-ring (bicyclic) bond motifs is 1. The van der Waals surface area contributed by atoms with Crippen LogP contribution in [0.4, 0.5) is 5.69 Å². The maximum Gasteiger partial charge on any atom is 0.250 e. The molecule has 0 bridgehead atoms. The van der Waals surface area contributed by atoms with Gasteiger partial charge in [-0.25, -0.2) is 13.1 Å². The Kier molecular flexibility index (Phi) is 5.23. The summed E-state index contributed by atoms with van der Waals surface area (Å²) in [5, 5.41) is 2.43. The number of rotatable bonds is 5. The lowest BCUT2D eigenvalue weighted by Crippen LogP contribution is -2.47. The topological polar surface area (TPSA) is 49.4 Å². The normalized spacial score (nSPS) is 16.9. The van der Waals surface area contributed by atoms with Crippen LogP contribution in [0.5, 0.6) is 0 Å². The number of hydrogen-bond donors (Lipinski definition) is 1. The van der Waals surface area contributed by atoms with Crippen LogP contribution in [0.1, 0.15) is 11.1 Å². The Balaban J connectivity index is 1.62. The summed E-state index contributed by atoms with van der Waals surface area (Å²) in [6.07, 6.45) is 0.617. The van der Waals surface area contributed by atoms with Crippen molar-refractivity contribution in [2.45, 2.75) is 23.2 Å². The molecule has 0 saturated heterocycles. The number of nitrogens with one attached hydrogen (secondary N) is 1. The summed E-state index contributed by atoms with van der Waals surface area (Å²) in [5.41, 5.74) is 3.35. The Morgan fingerprint density at radius 3 is 2.67 bits per heavy atom. The van der Waals surface area contributed by atoms with Crippen molar-refractivity contribution in [2.75, 3.05) is 11.4 Å². The van der Waals surface area contributed by atoms with Gasteiger partial charge in [0.05, 0.1) is 0 Å². The fraction of sp³-hybridized carbons (Fsp3) is 0.200. The largest absolute Gasteiger partial charge is 0.365 e. The highest BCUT2D eigenvalue weighted by atomic mass is 35.5. The minimum absolute atomic E-state index is 0.216. The van der Waals surface area contributed by atoms with E-state index in [0.29, 0.717) is 28.7 Å². The van der Waals surface area contributed by atoms with Gasteiger partial charge in [0.2, 0.25) is 10.0 Å². The van der Waals surface area contributed by atoms with Crippen molar-refractivity contribution < 1.29 is 8.42 Å².